The van der Waals surface area contributed by atoms with E-state index in [-0.39, 0.29) is 0 Å². The van der Waals surface area contributed by atoms with Crippen LogP contribution in [0.3, 0.4) is 0 Å². The van der Waals surface area contributed by atoms with Gasteiger partial charge in [-0.3, -0.25) is 0 Å². The number of fused-ring (bicyclic) bond motifs is 1. The van der Waals surface area contributed by atoms with Gasteiger partial charge in [0.25, 0.3) is 0 Å². The summed E-state index contributed by atoms with van der Waals surface area (Å²) in [6.07, 6.45) is 8.06. The SMILES string of the molecule is CSC1CCCC1Nc1nccc2sccc12. The lowest BCUT2D eigenvalue weighted by atomic mass is 10.2. The third kappa shape index (κ3) is 2.16. The summed E-state index contributed by atoms with van der Waals surface area (Å²) in [5.41, 5.74) is 0. The second-order valence-corrected chi connectivity index (χ2v) is 6.47. The summed E-state index contributed by atoms with van der Waals surface area (Å²) >= 11 is 3.76. The van der Waals surface area contributed by atoms with Crippen LogP contribution in [0.1, 0.15) is 19.3 Å². The van der Waals surface area contributed by atoms with Crippen LogP contribution in [0.2, 0.25) is 0 Å². The van der Waals surface area contributed by atoms with Crippen LogP contribution in [0.25, 0.3) is 10.1 Å². The largest absolute Gasteiger partial charge is 0.366 e. The van der Waals surface area contributed by atoms with Gasteiger partial charge in [-0.15, -0.1) is 11.3 Å². The zero-order valence-corrected chi connectivity index (χ0v) is 11.5. The van der Waals surface area contributed by atoms with Crippen LogP contribution in [0.5, 0.6) is 0 Å². The zero-order valence-electron chi connectivity index (χ0n) is 9.85. The molecular weight excluding hydrogens is 248 g/mol. The van der Waals surface area contributed by atoms with E-state index in [4.69, 9.17) is 0 Å². The van der Waals surface area contributed by atoms with Gasteiger partial charge in [-0.2, -0.15) is 11.8 Å². The van der Waals surface area contributed by atoms with Crippen LogP contribution in [-0.2, 0) is 0 Å². The van der Waals surface area contributed by atoms with Crippen molar-refractivity contribution in [2.24, 2.45) is 0 Å². The fourth-order valence-corrected chi connectivity index (χ4v) is 4.28. The third-order valence-electron chi connectivity index (χ3n) is 3.46. The first-order valence-electron chi connectivity index (χ1n) is 6.00. The van der Waals surface area contributed by atoms with Gasteiger partial charge in [0.2, 0.25) is 0 Å². The number of hydrogen-bond donors (Lipinski definition) is 1. The van der Waals surface area contributed by atoms with Crippen LogP contribution < -0.4 is 5.32 Å². The molecule has 0 bridgehead atoms. The third-order valence-corrected chi connectivity index (χ3v) is 5.51. The van der Waals surface area contributed by atoms with E-state index in [0.29, 0.717) is 6.04 Å². The van der Waals surface area contributed by atoms with Crippen LogP contribution >= 0.6 is 23.1 Å². The van der Waals surface area contributed by atoms with Crippen molar-refractivity contribution in [3.05, 3.63) is 23.7 Å². The number of pyridine rings is 1. The van der Waals surface area contributed by atoms with Gasteiger partial charge in [0.05, 0.1) is 0 Å². The smallest absolute Gasteiger partial charge is 0.134 e. The summed E-state index contributed by atoms with van der Waals surface area (Å²) in [5.74, 6) is 1.06. The molecule has 0 spiro atoms. The predicted octanol–water partition coefficient (Wildman–Crippen LogP) is 3.99. The molecule has 17 heavy (non-hydrogen) atoms. The van der Waals surface area contributed by atoms with E-state index >= 15 is 0 Å². The molecule has 3 rings (SSSR count). The molecule has 4 heteroatoms. The molecule has 0 aliphatic heterocycles. The van der Waals surface area contributed by atoms with E-state index in [0.717, 1.165) is 11.1 Å². The maximum atomic E-state index is 4.50. The lowest BCUT2D eigenvalue weighted by molar-refractivity contribution is 0.765. The Hall–Kier alpha value is -0.740. The predicted molar refractivity (Wildman–Crippen MR) is 78.2 cm³/mol. The van der Waals surface area contributed by atoms with Gasteiger partial charge in [-0.05, 0) is 36.6 Å². The van der Waals surface area contributed by atoms with E-state index in [1.54, 1.807) is 11.3 Å². The number of aromatic nitrogens is 1. The molecule has 0 saturated heterocycles. The second-order valence-electron chi connectivity index (χ2n) is 4.45. The van der Waals surface area contributed by atoms with Gasteiger partial charge < -0.3 is 5.32 Å². The monoisotopic (exact) mass is 264 g/mol. The highest BCUT2D eigenvalue weighted by Crippen LogP contribution is 2.33. The molecule has 0 radical (unpaired) electrons. The van der Waals surface area contributed by atoms with Gasteiger partial charge in [-0.25, -0.2) is 4.98 Å². The average Bonchev–Trinajstić information content (AvgIpc) is 2.97. The molecule has 90 valence electrons. The Morgan fingerprint density at radius 3 is 3.24 bits per heavy atom. The van der Waals surface area contributed by atoms with Gasteiger partial charge in [0, 0.05) is 27.6 Å². The lowest BCUT2D eigenvalue weighted by Gasteiger charge is -2.20. The number of thiophene rings is 1. The van der Waals surface area contributed by atoms with Crippen molar-refractivity contribution < 1.29 is 0 Å². The first-order chi connectivity index (χ1) is 8.38. The van der Waals surface area contributed by atoms with Crippen molar-refractivity contribution in [2.75, 3.05) is 11.6 Å². The minimum Gasteiger partial charge on any atom is -0.366 e. The van der Waals surface area contributed by atoms with Crippen molar-refractivity contribution in [3.63, 3.8) is 0 Å². The summed E-state index contributed by atoms with van der Waals surface area (Å²) in [4.78, 5) is 4.50. The van der Waals surface area contributed by atoms with Crippen molar-refractivity contribution in [3.8, 4) is 0 Å². The van der Waals surface area contributed by atoms with Crippen molar-refractivity contribution in [1.82, 2.24) is 4.98 Å². The lowest BCUT2D eigenvalue weighted by Crippen LogP contribution is -2.26. The molecule has 2 nitrogen and oxygen atoms in total. The molecule has 1 aliphatic rings. The molecule has 1 fully saturated rings. The molecule has 1 aliphatic carbocycles. The Kier molecular flexibility index (Phi) is 3.25. The molecule has 2 aromatic rings. The Bertz CT molecular complexity index is 509. The molecule has 0 aromatic carbocycles. The summed E-state index contributed by atoms with van der Waals surface area (Å²) < 4.78 is 1.32. The highest BCUT2D eigenvalue weighted by molar-refractivity contribution is 7.99. The first-order valence-corrected chi connectivity index (χ1v) is 8.17. The molecule has 2 atom stereocenters. The van der Waals surface area contributed by atoms with E-state index in [9.17, 15) is 0 Å². The quantitative estimate of drug-likeness (QED) is 0.907. The maximum absolute atomic E-state index is 4.50. The molecular formula is C13H16N2S2. The molecule has 0 amide bonds. The fraction of sp³-hybridized carbons (Fsp3) is 0.462. The number of nitrogens with one attached hydrogen (secondary N) is 1. The van der Waals surface area contributed by atoms with Crippen LogP contribution in [0.15, 0.2) is 23.7 Å². The standard InChI is InChI=1S/C13H16N2S2/c1-16-12-4-2-3-10(12)15-13-9-6-8-17-11(9)5-7-14-13/h5-8,10,12H,2-4H2,1H3,(H,14,15). The van der Waals surface area contributed by atoms with Gasteiger partial charge in [0.15, 0.2) is 0 Å². The van der Waals surface area contributed by atoms with Crippen LogP contribution in [0.4, 0.5) is 5.82 Å². The molecule has 2 heterocycles. The number of thioether (sulfide) groups is 1. The minimum atomic E-state index is 0.586. The van der Waals surface area contributed by atoms with Gasteiger partial charge in [-0.1, -0.05) is 6.42 Å². The Balaban J connectivity index is 1.87. The van der Waals surface area contributed by atoms with Crippen molar-refractivity contribution >= 4 is 39.0 Å². The average molecular weight is 264 g/mol. The molecule has 2 unspecified atom stereocenters. The first kappa shape index (κ1) is 11.4. The second kappa shape index (κ2) is 4.86. The number of anilines is 1. The van der Waals surface area contributed by atoms with Crippen molar-refractivity contribution in [2.45, 2.75) is 30.6 Å². The normalized spacial score (nSPS) is 24.3. The highest BCUT2D eigenvalue weighted by atomic mass is 32.2. The number of hydrogen-bond acceptors (Lipinski definition) is 4. The maximum Gasteiger partial charge on any atom is 0.134 e. The highest BCUT2D eigenvalue weighted by Gasteiger charge is 2.26. The Morgan fingerprint density at radius 2 is 2.35 bits per heavy atom. The topological polar surface area (TPSA) is 24.9 Å². The molecule has 1 N–H and O–H groups in total. The zero-order chi connectivity index (χ0) is 11.7. The molecule has 1 saturated carbocycles. The Labute approximate surface area is 110 Å². The van der Waals surface area contributed by atoms with E-state index in [1.165, 1.54) is 29.3 Å². The summed E-state index contributed by atoms with van der Waals surface area (Å²) in [5, 5.41) is 7.79. The Morgan fingerprint density at radius 1 is 1.41 bits per heavy atom. The van der Waals surface area contributed by atoms with Gasteiger partial charge in [0.1, 0.15) is 5.82 Å². The summed E-state index contributed by atoms with van der Waals surface area (Å²) in [6, 6.07) is 4.84. The van der Waals surface area contributed by atoms with E-state index in [2.05, 4.69) is 34.1 Å². The van der Waals surface area contributed by atoms with Gasteiger partial charge >= 0.3 is 0 Å². The minimum absolute atomic E-state index is 0.586. The van der Waals surface area contributed by atoms with Crippen molar-refractivity contribution in [1.29, 1.82) is 0 Å². The number of nitrogens with zero attached hydrogens (tertiary/aromatic N) is 1. The van der Waals surface area contributed by atoms with E-state index < -0.39 is 0 Å². The fourth-order valence-electron chi connectivity index (χ4n) is 2.56. The summed E-state index contributed by atoms with van der Waals surface area (Å²) in [6.45, 7) is 0. The summed E-state index contributed by atoms with van der Waals surface area (Å²) in [7, 11) is 0. The molecule has 2 aromatic heterocycles. The number of rotatable bonds is 3. The van der Waals surface area contributed by atoms with Crippen LogP contribution in [0, 0.1) is 0 Å². The van der Waals surface area contributed by atoms with E-state index in [1.807, 2.05) is 18.0 Å². The van der Waals surface area contributed by atoms with Crippen LogP contribution in [-0.4, -0.2) is 22.5 Å².